The van der Waals surface area contributed by atoms with Gasteiger partial charge in [0.1, 0.15) is 5.75 Å². The van der Waals surface area contributed by atoms with Gasteiger partial charge >= 0.3 is 0 Å². The first-order valence-corrected chi connectivity index (χ1v) is 10.1. The Labute approximate surface area is 171 Å². The molecule has 1 atom stereocenters. The van der Waals surface area contributed by atoms with Crippen LogP contribution in [0, 0.1) is 0 Å². The summed E-state index contributed by atoms with van der Waals surface area (Å²) in [4.78, 5) is 26.7. The minimum Gasteiger partial charge on any atom is -0.497 e. The fraction of sp³-hybridized carbons (Fsp3) is 0.524. The highest BCUT2D eigenvalue weighted by Crippen LogP contribution is 2.22. The third kappa shape index (κ3) is 5.56. The van der Waals surface area contributed by atoms with Crippen molar-refractivity contribution in [3.05, 3.63) is 41.7 Å². The zero-order chi connectivity index (χ0) is 20.8. The van der Waals surface area contributed by atoms with E-state index < -0.39 is 0 Å². The number of aryl methyl sites for hydroxylation is 1. The second-order valence-corrected chi connectivity index (χ2v) is 7.70. The molecular weight excluding hydrogens is 370 g/mol. The van der Waals surface area contributed by atoms with Gasteiger partial charge in [0.05, 0.1) is 19.3 Å². The number of rotatable bonds is 7. The maximum Gasteiger partial charge on any atom is 0.273 e. The molecule has 1 aromatic carbocycles. The molecule has 1 aliphatic heterocycles. The first-order valence-electron chi connectivity index (χ1n) is 10.1. The van der Waals surface area contributed by atoms with E-state index in [1.165, 1.54) is 0 Å². The van der Waals surface area contributed by atoms with Crippen molar-refractivity contribution in [3.8, 4) is 5.75 Å². The molecule has 1 saturated heterocycles. The topological polar surface area (TPSA) is 89.4 Å². The maximum absolute atomic E-state index is 12.7. The molecule has 29 heavy (non-hydrogen) atoms. The number of carbonyl (C=O) groups is 2. The summed E-state index contributed by atoms with van der Waals surface area (Å²) in [5, 5.41) is 10.9. The van der Waals surface area contributed by atoms with Crippen molar-refractivity contribution in [3.63, 3.8) is 0 Å². The Morgan fingerprint density at radius 1 is 1.34 bits per heavy atom. The molecule has 1 fully saturated rings. The Hall–Kier alpha value is -2.90. The number of aromatic nitrogens is 3. The minimum atomic E-state index is -0.228. The smallest absolute Gasteiger partial charge is 0.273 e. The highest BCUT2D eigenvalue weighted by atomic mass is 16.5. The third-order valence-corrected chi connectivity index (χ3v) is 5.05. The van der Waals surface area contributed by atoms with Crippen LogP contribution in [-0.4, -0.2) is 57.9 Å². The van der Waals surface area contributed by atoms with Crippen molar-refractivity contribution < 1.29 is 14.3 Å². The van der Waals surface area contributed by atoms with Gasteiger partial charge in [-0.25, -0.2) is 4.68 Å². The molecule has 2 amide bonds. The van der Waals surface area contributed by atoms with Crippen LogP contribution in [0.15, 0.2) is 30.5 Å². The Kier molecular flexibility index (Phi) is 6.85. The van der Waals surface area contributed by atoms with E-state index in [9.17, 15) is 9.59 Å². The Morgan fingerprint density at radius 2 is 2.17 bits per heavy atom. The number of ether oxygens (including phenoxy) is 1. The molecule has 2 heterocycles. The lowest BCUT2D eigenvalue weighted by molar-refractivity contribution is -0.132. The fourth-order valence-corrected chi connectivity index (χ4v) is 3.53. The lowest BCUT2D eigenvalue weighted by Crippen LogP contribution is -2.41. The molecule has 1 aliphatic rings. The third-order valence-electron chi connectivity index (χ3n) is 5.05. The maximum atomic E-state index is 12.7. The van der Waals surface area contributed by atoms with Gasteiger partial charge in [-0.15, -0.1) is 5.10 Å². The van der Waals surface area contributed by atoms with Crippen LogP contribution in [0.25, 0.3) is 0 Å². The van der Waals surface area contributed by atoms with Gasteiger partial charge in [0.2, 0.25) is 5.91 Å². The summed E-state index contributed by atoms with van der Waals surface area (Å²) in [5.41, 5.74) is 1.39. The molecule has 156 valence electrons. The predicted octanol–water partition coefficient (Wildman–Crippen LogP) is 2.22. The van der Waals surface area contributed by atoms with Crippen molar-refractivity contribution >= 4 is 11.8 Å². The van der Waals surface area contributed by atoms with Crippen LogP contribution in [0.3, 0.4) is 0 Å². The second kappa shape index (κ2) is 9.54. The van der Waals surface area contributed by atoms with Crippen molar-refractivity contribution in [2.45, 2.75) is 51.6 Å². The van der Waals surface area contributed by atoms with Crippen molar-refractivity contribution in [2.75, 3.05) is 20.2 Å². The predicted molar refractivity (Wildman–Crippen MR) is 109 cm³/mol. The molecule has 8 heteroatoms. The van der Waals surface area contributed by atoms with Crippen LogP contribution < -0.4 is 10.1 Å². The molecule has 0 radical (unpaired) electrons. The van der Waals surface area contributed by atoms with Gasteiger partial charge in [0, 0.05) is 25.6 Å². The van der Waals surface area contributed by atoms with E-state index in [4.69, 9.17) is 4.74 Å². The van der Waals surface area contributed by atoms with E-state index >= 15 is 0 Å². The van der Waals surface area contributed by atoms with E-state index in [1.807, 2.05) is 43.0 Å². The van der Waals surface area contributed by atoms with Gasteiger partial charge in [-0.1, -0.05) is 17.3 Å². The molecule has 2 aromatic rings. The van der Waals surface area contributed by atoms with Crippen molar-refractivity contribution in [2.24, 2.45) is 0 Å². The second-order valence-electron chi connectivity index (χ2n) is 7.70. The average Bonchev–Trinajstić information content (AvgIpc) is 3.22. The van der Waals surface area contributed by atoms with Crippen LogP contribution in [0.2, 0.25) is 0 Å². The summed E-state index contributed by atoms with van der Waals surface area (Å²) in [6.07, 6.45) is 4.63. The molecule has 1 N–H and O–H groups in total. The summed E-state index contributed by atoms with van der Waals surface area (Å²) in [7, 11) is 1.64. The van der Waals surface area contributed by atoms with E-state index in [-0.39, 0.29) is 23.9 Å². The average molecular weight is 399 g/mol. The largest absolute Gasteiger partial charge is 0.497 e. The van der Waals surface area contributed by atoms with E-state index in [2.05, 4.69) is 15.6 Å². The molecule has 0 spiro atoms. The van der Waals surface area contributed by atoms with E-state index in [1.54, 1.807) is 18.0 Å². The number of hydrogen-bond acceptors (Lipinski definition) is 5. The first-order chi connectivity index (χ1) is 14.0. The van der Waals surface area contributed by atoms with Crippen LogP contribution in [0.5, 0.6) is 5.75 Å². The number of piperidine rings is 1. The first kappa shape index (κ1) is 20.8. The molecule has 0 saturated carbocycles. The Balaban J connectivity index is 1.56. The molecule has 8 nitrogen and oxygen atoms in total. The fourth-order valence-electron chi connectivity index (χ4n) is 3.53. The number of benzene rings is 1. The highest BCUT2D eigenvalue weighted by Gasteiger charge is 2.26. The van der Waals surface area contributed by atoms with Crippen LogP contribution >= 0.6 is 0 Å². The Bertz CT molecular complexity index is 848. The monoisotopic (exact) mass is 399 g/mol. The number of nitrogens with one attached hydrogen (secondary N) is 1. The van der Waals surface area contributed by atoms with Gasteiger partial charge in [-0.2, -0.15) is 0 Å². The van der Waals surface area contributed by atoms with Gasteiger partial charge in [0.15, 0.2) is 5.69 Å². The zero-order valence-corrected chi connectivity index (χ0v) is 17.3. The summed E-state index contributed by atoms with van der Waals surface area (Å²) < 4.78 is 6.96. The molecule has 1 aromatic heterocycles. The van der Waals surface area contributed by atoms with E-state index in [0.29, 0.717) is 25.1 Å². The normalized spacial score (nSPS) is 16.7. The number of amides is 2. The SMILES string of the molecule is COc1cccc(CCC(=O)N2CCCC(n3cc(C(=O)NC(C)C)nn3)C2)c1. The van der Waals surface area contributed by atoms with Gasteiger partial charge in [-0.3, -0.25) is 9.59 Å². The van der Waals surface area contributed by atoms with Crippen molar-refractivity contribution in [1.29, 1.82) is 0 Å². The minimum absolute atomic E-state index is 0.0395. The lowest BCUT2D eigenvalue weighted by Gasteiger charge is -2.32. The quantitative estimate of drug-likeness (QED) is 0.771. The van der Waals surface area contributed by atoms with Crippen LogP contribution in [0.1, 0.15) is 55.2 Å². The summed E-state index contributed by atoms with van der Waals surface area (Å²) in [6, 6.07) is 7.89. The lowest BCUT2D eigenvalue weighted by atomic mass is 10.0. The van der Waals surface area contributed by atoms with Gasteiger partial charge in [-0.05, 0) is 50.8 Å². The molecular formula is C21H29N5O3. The Morgan fingerprint density at radius 3 is 2.93 bits per heavy atom. The zero-order valence-electron chi connectivity index (χ0n) is 17.3. The molecule has 0 aliphatic carbocycles. The van der Waals surface area contributed by atoms with Crippen LogP contribution in [0.4, 0.5) is 0 Å². The summed E-state index contributed by atoms with van der Waals surface area (Å²) in [6.45, 7) is 5.14. The standard InChI is InChI=1S/C21H29N5O3/c1-15(2)22-21(28)19-14-26(24-23-19)17-7-5-11-25(13-17)20(27)10-9-16-6-4-8-18(12-16)29-3/h4,6,8,12,14-15,17H,5,7,9-11,13H2,1-3H3,(H,22,28). The molecule has 1 unspecified atom stereocenters. The van der Waals surface area contributed by atoms with E-state index in [0.717, 1.165) is 30.7 Å². The van der Waals surface area contributed by atoms with Crippen LogP contribution in [-0.2, 0) is 11.2 Å². The summed E-state index contributed by atoms with van der Waals surface area (Å²) in [5.74, 6) is 0.708. The number of methoxy groups -OCH3 is 1. The van der Waals surface area contributed by atoms with Gasteiger partial charge < -0.3 is 15.0 Å². The van der Waals surface area contributed by atoms with Crippen molar-refractivity contribution in [1.82, 2.24) is 25.2 Å². The number of nitrogens with zero attached hydrogens (tertiary/aromatic N) is 4. The number of hydrogen-bond donors (Lipinski definition) is 1. The highest BCUT2D eigenvalue weighted by molar-refractivity contribution is 5.92. The molecule has 3 rings (SSSR count). The summed E-state index contributed by atoms with van der Waals surface area (Å²) >= 11 is 0. The molecule has 0 bridgehead atoms. The number of carbonyl (C=O) groups excluding carboxylic acids is 2. The number of likely N-dealkylation sites (tertiary alicyclic amines) is 1. The van der Waals surface area contributed by atoms with Gasteiger partial charge in [0.25, 0.3) is 5.91 Å².